The van der Waals surface area contributed by atoms with Crippen LogP contribution in [0.1, 0.15) is 0 Å². The van der Waals surface area contributed by atoms with Gasteiger partial charge in [0.25, 0.3) is 10.0 Å². The molecule has 118 valence electrons. The number of H-pyrrole nitrogens is 1. The number of rotatable bonds is 3. The molecule has 1 aliphatic heterocycles. The van der Waals surface area contributed by atoms with Gasteiger partial charge in [-0.25, -0.2) is 13.4 Å². The molecule has 0 bridgehead atoms. The van der Waals surface area contributed by atoms with Gasteiger partial charge in [0.1, 0.15) is 13.2 Å². The minimum atomic E-state index is -3.80. The summed E-state index contributed by atoms with van der Waals surface area (Å²) in [5.74, 6) is 1.14. The van der Waals surface area contributed by atoms with Crippen molar-refractivity contribution in [2.45, 2.75) is 4.90 Å². The molecule has 4 rings (SSSR count). The van der Waals surface area contributed by atoms with E-state index in [0.717, 1.165) is 0 Å². The normalized spacial score (nSPS) is 13.9. The highest BCUT2D eigenvalue weighted by molar-refractivity contribution is 7.92. The molecule has 0 saturated heterocycles. The average molecular weight is 332 g/mol. The highest BCUT2D eigenvalue weighted by atomic mass is 32.2. The number of pyridine rings is 1. The first-order valence-electron chi connectivity index (χ1n) is 6.85. The van der Waals surface area contributed by atoms with Crippen molar-refractivity contribution in [2.24, 2.45) is 0 Å². The largest absolute Gasteiger partial charge is 0.486 e. The standard InChI is InChI=1S/C14H12N4O4S/c19-23(20,9-3-4-11-12(8-9)22-7-6-21-11)18-14-10-2-1-5-15-13(10)16-17-14/h1-5,8H,6-7H2,(H2,15,16,17,18). The Hall–Kier alpha value is -2.81. The number of ether oxygens (including phenoxy) is 2. The summed E-state index contributed by atoms with van der Waals surface area (Å²) in [7, 11) is -3.80. The van der Waals surface area contributed by atoms with Gasteiger partial charge in [-0.3, -0.25) is 9.82 Å². The first kappa shape index (κ1) is 13.8. The molecule has 3 aromatic rings. The Morgan fingerprint density at radius 3 is 2.83 bits per heavy atom. The van der Waals surface area contributed by atoms with Gasteiger partial charge in [0.15, 0.2) is 23.0 Å². The lowest BCUT2D eigenvalue weighted by Gasteiger charge is -2.18. The lowest BCUT2D eigenvalue weighted by atomic mass is 10.3. The zero-order chi connectivity index (χ0) is 15.9. The molecule has 0 spiro atoms. The van der Waals surface area contributed by atoms with Crippen molar-refractivity contribution in [2.75, 3.05) is 17.9 Å². The van der Waals surface area contributed by atoms with Gasteiger partial charge in [-0.2, -0.15) is 5.10 Å². The number of anilines is 1. The van der Waals surface area contributed by atoms with Crippen molar-refractivity contribution in [1.29, 1.82) is 0 Å². The van der Waals surface area contributed by atoms with Gasteiger partial charge in [-0.1, -0.05) is 0 Å². The predicted molar refractivity (Wildman–Crippen MR) is 82.1 cm³/mol. The quantitative estimate of drug-likeness (QED) is 0.753. The van der Waals surface area contributed by atoms with E-state index in [1.165, 1.54) is 12.1 Å². The zero-order valence-corrected chi connectivity index (χ0v) is 12.6. The lowest BCUT2D eigenvalue weighted by Crippen LogP contribution is -2.17. The Kier molecular flexibility index (Phi) is 3.08. The second kappa shape index (κ2) is 5.13. The van der Waals surface area contributed by atoms with Crippen LogP contribution >= 0.6 is 0 Å². The number of nitrogens with one attached hydrogen (secondary N) is 2. The van der Waals surface area contributed by atoms with Crippen LogP contribution in [-0.4, -0.2) is 36.8 Å². The average Bonchev–Trinajstić information content (AvgIpc) is 2.97. The molecule has 1 aromatic carbocycles. The Labute approximate surface area is 131 Å². The minimum absolute atomic E-state index is 0.0711. The van der Waals surface area contributed by atoms with Gasteiger partial charge in [0.05, 0.1) is 10.3 Å². The van der Waals surface area contributed by atoms with Gasteiger partial charge in [0.2, 0.25) is 0 Å². The van der Waals surface area contributed by atoms with Gasteiger partial charge in [-0.15, -0.1) is 0 Å². The third-order valence-corrected chi connectivity index (χ3v) is 4.73. The number of hydrogen-bond donors (Lipinski definition) is 2. The van der Waals surface area contributed by atoms with E-state index in [2.05, 4.69) is 19.9 Å². The van der Waals surface area contributed by atoms with E-state index in [0.29, 0.717) is 35.7 Å². The van der Waals surface area contributed by atoms with Crippen molar-refractivity contribution in [3.63, 3.8) is 0 Å². The second-order valence-electron chi connectivity index (χ2n) is 4.88. The Morgan fingerprint density at radius 2 is 1.96 bits per heavy atom. The van der Waals surface area contributed by atoms with Crippen molar-refractivity contribution in [3.8, 4) is 11.5 Å². The molecule has 0 unspecified atom stereocenters. The van der Waals surface area contributed by atoms with Crippen LogP contribution in [0.3, 0.4) is 0 Å². The first-order valence-corrected chi connectivity index (χ1v) is 8.33. The molecule has 0 aliphatic carbocycles. The van der Waals surface area contributed by atoms with E-state index in [4.69, 9.17) is 9.47 Å². The molecule has 0 saturated carbocycles. The van der Waals surface area contributed by atoms with Crippen LogP contribution in [0.15, 0.2) is 41.4 Å². The number of nitrogens with zero attached hydrogens (tertiary/aromatic N) is 2. The molecular formula is C14H12N4O4S. The molecule has 0 fully saturated rings. The van der Waals surface area contributed by atoms with Gasteiger partial charge >= 0.3 is 0 Å². The van der Waals surface area contributed by atoms with Gasteiger partial charge in [-0.05, 0) is 24.3 Å². The summed E-state index contributed by atoms with van der Waals surface area (Å²) < 4.78 is 38.4. The van der Waals surface area contributed by atoms with Crippen molar-refractivity contribution in [3.05, 3.63) is 36.5 Å². The van der Waals surface area contributed by atoms with E-state index >= 15 is 0 Å². The Balaban J connectivity index is 1.70. The van der Waals surface area contributed by atoms with E-state index < -0.39 is 10.0 Å². The monoisotopic (exact) mass is 332 g/mol. The van der Waals surface area contributed by atoms with Crippen LogP contribution in [0, 0.1) is 0 Å². The van der Waals surface area contributed by atoms with Crippen LogP contribution in [0.4, 0.5) is 5.82 Å². The maximum Gasteiger partial charge on any atom is 0.263 e. The SMILES string of the molecule is O=S(=O)(Nc1n[nH]c2ncccc12)c1ccc2c(c1)OCCO2. The minimum Gasteiger partial charge on any atom is -0.486 e. The maximum absolute atomic E-state index is 12.5. The van der Waals surface area contributed by atoms with Crippen LogP contribution in [0.25, 0.3) is 11.0 Å². The number of fused-ring (bicyclic) bond motifs is 2. The van der Waals surface area contributed by atoms with Crippen LogP contribution in [-0.2, 0) is 10.0 Å². The fourth-order valence-electron chi connectivity index (χ4n) is 2.31. The second-order valence-corrected chi connectivity index (χ2v) is 6.57. The molecule has 8 nitrogen and oxygen atoms in total. The molecule has 9 heteroatoms. The third-order valence-electron chi connectivity index (χ3n) is 3.39. The number of sulfonamides is 1. The molecule has 0 radical (unpaired) electrons. The van der Waals surface area contributed by atoms with Crippen LogP contribution < -0.4 is 14.2 Å². The molecule has 3 heterocycles. The van der Waals surface area contributed by atoms with Crippen LogP contribution in [0.2, 0.25) is 0 Å². The van der Waals surface area contributed by atoms with Crippen LogP contribution in [0.5, 0.6) is 11.5 Å². The smallest absolute Gasteiger partial charge is 0.263 e. The summed E-state index contributed by atoms with van der Waals surface area (Å²) in [6, 6.07) is 7.91. The fraction of sp³-hybridized carbons (Fsp3) is 0.143. The summed E-state index contributed by atoms with van der Waals surface area (Å²) in [5.41, 5.74) is 0.507. The van der Waals surface area contributed by atoms with Crippen molar-refractivity contribution < 1.29 is 17.9 Å². The first-order chi connectivity index (χ1) is 11.1. The summed E-state index contributed by atoms with van der Waals surface area (Å²) in [6.07, 6.45) is 1.60. The van der Waals surface area contributed by atoms with E-state index in [1.807, 2.05) is 0 Å². The lowest BCUT2D eigenvalue weighted by molar-refractivity contribution is 0.171. The van der Waals surface area contributed by atoms with E-state index in [-0.39, 0.29) is 10.7 Å². The molecular weight excluding hydrogens is 320 g/mol. The number of hydrogen-bond acceptors (Lipinski definition) is 6. The zero-order valence-electron chi connectivity index (χ0n) is 11.8. The molecule has 2 N–H and O–H groups in total. The summed E-state index contributed by atoms with van der Waals surface area (Å²) >= 11 is 0. The van der Waals surface area contributed by atoms with E-state index in [9.17, 15) is 8.42 Å². The number of aromatic amines is 1. The fourth-order valence-corrected chi connectivity index (χ4v) is 3.35. The molecule has 1 aliphatic rings. The molecule has 0 amide bonds. The van der Waals surface area contributed by atoms with Gasteiger partial charge in [0, 0.05) is 12.3 Å². The highest BCUT2D eigenvalue weighted by Crippen LogP contribution is 2.33. The van der Waals surface area contributed by atoms with E-state index in [1.54, 1.807) is 24.4 Å². The maximum atomic E-state index is 12.5. The number of aromatic nitrogens is 3. The molecule has 23 heavy (non-hydrogen) atoms. The molecule has 2 aromatic heterocycles. The summed E-state index contributed by atoms with van der Waals surface area (Å²) in [5, 5.41) is 7.23. The number of benzene rings is 1. The van der Waals surface area contributed by atoms with Gasteiger partial charge < -0.3 is 9.47 Å². The third kappa shape index (κ3) is 2.44. The predicted octanol–water partition coefficient (Wildman–Crippen LogP) is 1.53. The summed E-state index contributed by atoms with van der Waals surface area (Å²) in [4.78, 5) is 4.14. The Bertz CT molecular complexity index is 983. The topological polar surface area (TPSA) is 106 Å². The summed E-state index contributed by atoms with van der Waals surface area (Å²) in [6.45, 7) is 0.837. The van der Waals surface area contributed by atoms with Crippen molar-refractivity contribution >= 4 is 26.9 Å². The molecule has 0 atom stereocenters. The Morgan fingerprint density at radius 1 is 1.13 bits per heavy atom. The highest BCUT2D eigenvalue weighted by Gasteiger charge is 2.21. The van der Waals surface area contributed by atoms with Crippen molar-refractivity contribution in [1.82, 2.24) is 15.2 Å².